The van der Waals surface area contributed by atoms with Crippen LogP contribution >= 0.6 is 11.3 Å². The Hall–Kier alpha value is -1.62. The van der Waals surface area contributed by atoms with E-state index in [-0.39, 0.29) is 5.91 Å². The zero-order valence-electron chi connectivity index (χ0n) is 12.9. The molecule has 1 aliphatic heterocycles. The van der Waals surface area contributed by atoms with Crippen molar-refractivity contribution in [3.63, 3.8) is 0 Å². The Morgan fingerprint density at radius 1 is 1.36 bits per heavy atom. The number of thiophene rings is 1. The first-order valence-corrected chi connectivity index (χ1v) is 8.94. The second kappa shape index (κ2) is 5.54. The van der Waals surface area contributed by atoms with Gasteiger partial charge in [-0.25, -0.2) is 0 Å². The average Bonchev–Trinajstić information content (AvgIpc) is 3.21. The van der Waals surface area contributed by atoms with Crippen LogP contribution in [0.2, 0.25) is 0 Å². The molecule has 1 saturated heterocycles. The van der Waals surface area contributed by atoms with Crippen LogP contribution in [0, 0.1) is 6.92 Å². The van der Waals surface area contributed by atoms with E-state index in [0.29, 0.717) is 6.04 Å². The summed E-state index contributed by atoms with van der Waals surface area (Å²) in [5, 5.41) is 4.43. The predicted molar refractivity (Wildman–Crippen MR) is 87.5 cm³/mol. The van der Waals surface area contributed by atoms with E-state index in [9.17, 15) is 4.79 Å². The topological polar surface area (TPSA) is 38.1 Å². The number of aromatic nitrogens is 2. The van der Waals surface area contributed by atoms with Gasteiger partial charge in [0, 0.05) is 24.2 Å². The second-order valence-corrected chi connectivity index (χ2v) is 7.59. The molecule has 0 spiro atoms. The van der Waals surface area contributed by atoms with Gasteiger partial charge < -0.3 is 4.90 Å². The fraction of sp³-hybridized carbons (Fsp3) is 0.529. The lowest BCUT2D eigenvalue weighted by atomic mass is 10.1. The van der Waals surface area contributed by atoms with Crippen molar-refractivity contribution in [2.24, 2.45) is 0 Å². The summed E-state index contributed by atoms with van der Waals surface area (Å²) in [6.45, 7) is 3.71. The molecule has 1 atom stereocenters. The highest BCUT2D eigenvalue weighted by Crippen LogP contribution is 2.32. The fourth-order valence-electron chi connectivity index (χ4n) is 3.58. The van der Waals surface area contributed by atoms with Gasteiger partial charge in [0.15, 0.2) is 0 Å². The van der Waals surface area contributed by atoms with Crippen LogP contribution in [0.3, 0.4) is 0 Å². The molecule has 1 fully saturated rings. The molecule has 1 unspecified atom stereocenters. The molecule has 4 rings (SSSR count). The van der Waals surface area contributed by atoms with Crippen molar-refractivity contribution in [2.75, 3.05) is 13.1 Å². The lowest BCUT2D eigenvalue weighted by molar-refractivity contribution is 0.0678. The van der Waals surface area contributed by atoms with Gasteiger partial charge >= 0.3 is 0 Å². The Balaban J connectivity index is 1.50. The maximum absolute atomic E-state index is 12.8. The van der Waals surface area contributed by atoms with E-state index in [4.69, 9.17) is 0 Å². The van der Waals surface area contributed by atoms with Gasteiger partial charge in [-0.1, -0.05) is 0 Å². The first kappa shape index (κ1) is 14.0. The van der Waals surface area contributed by atoms with Gasteiger partial charge in [-0.15, -0.1) is 11.3 Å². The van der Waals surface area contributed by atoms with Crippen LogP contribution in [-0.4, -0.2) is 33.7 Å². The molecule has 116 valence electrons. The average molecular weight is 315 g/mol. The molecular formula is C17H21N3OS. The maximum atomic E-state index is 12.8. The standard InChI is InChI=1S/C17H21N3OS/c1-12-9-18-20(10-12)14-5-3-7-19(11-14)17(21)16-8-13-4-2-6-15(13)22-16/h8-10,14H,2-7,11H2,1H3. The lowest BCUT2D eigenvalue weighted by Gasteiger charge is -2.32. The van der Waals surface area contributed by atoms with Crippen molar-refractivity contribution in [2.45, 2.75) is 45.1 Å². The van der Waals surface area contributed by atoms with Crippen molar-refractivity contribution >= 4 is 17.2 Å². The Kier molecular flexibility index (Phi) is 3.53. The van der Waals surface area contributed by atoms with Gasteiger partial charge in [0.1, 0.15) is 0 Å². The summed E-state index contributed by atoms with van der Waals surface area (Å²) in [5.41, 5.74) is 2.59. The summed E-state index contributed by atoms with van der Waals surface area (Å²) in [6.07, 6.45) is 9.69. The van der Waals surface area contributed by atoms with E-state index in [2.05, 4.69) is 24.3 Å². The van der Waals surface area contributed by atoms with Crippen LogP contribution in [-0.2, 0) is 12.8 Å². The van der Waals surface area contributed by atoms with Crippen LogP contribution < -0.4 is 0 Å². The Morgan fingerprint density at radius 3 is 3.05 bits per heavy atom. The molecular weight excluding hydrogens is 294 g/mol. The largest absolute Gasteiger partial charge is 0.336 e. The molecule has 2 aromatic rings. The number of amides is 1. The van der Waals surface area contributed by atoms with Gasteiger partial charge in [-0.05, 0) is 56.2 Å². The van der Waals surface area contributed by atoms with E-state index in [1.807, 2.05) is 15.8 Å². The van der Waals surface area contributed by atoms with Crippen LogP contribution in [0.15, 0.2) is 18.5 Å². The highest BCUT2D eigenvalue weighted by molar-refractivity contribution is 7.14. The third-order valence-electron chi connectivity index (χ3n) is 4.75. The molecule has 3 heterocycles. The molecule has 5 heteroatoms. The van der Waals surface area contributed by atoms with Crippen molar-refractivity contribution in [3.8, 4) is 0 Å². The van der Waals surface area contributed by atoms with Gasteiger partial charge in [-0.2, -0.15) is 5.10 Å². The Labute approximate surface area is 134 Å². The number of carbonyl (C=O) groups is 1. The first-order chi connectivity index (χ1) is 10.7. The van der Waals surface area contributed by atoms with Gasteiger partial charge in [0.05, 0.1) is 17.1 Å². The third kappa shape index (κ3) is 2.47. The third-order valence-corrected chi connectivity index (χ3v) is 5.97. The minimum absolute atomic E-state index is 0.216. The summed E-state index contributed by atoms with van der Waals surface area (Å²) in [6, 6.07) is 2.45. The smallest absolute Gasteiger partial charge is 0.264 e. The number of fused-ring (bicyclic) bond motifs is 1. The Bertz CT molecular complexity index is 681. The number of piperidine rings is 1. The molecule has 0 saturated carbocycles. The molecule has 4 nitrogen and oxygen atoms in total. The zero-order valence-corrected chi connectivity index (χ0v) is 13.7. The summed E-state index contributed by atoms with van der Waals surface area (Å²) in [5.74, 6) is 0.216. The second-order valence-electron chi connectivity index (χ2n) is 6.46. The number of carbonyl (C=O) groups excluding carboxylic acids is 1. The number of likely N-dealkylation sites (tertiary alicyclic amines) is 1. The summed E-state index contributed by atoms with van der Waals surface area (Å²) in [7, 11) is 0. The summed E-state index contributed by atoms with van der Waals surface area (Å²) < 4.78 is 2.03. The molecule has 0 N–H and O–H groups in total. The highest BCUT2D eigenvalue weighted by atomic mass is 32.1. The predicted octanol–water partition coefficient (Wildman–Crippen LogP) is 3.22. The number of rotatable bonds is 2. The van der Waals surface area contributed by atoms with Gasteiger partial charge in [0.25, 0.3) is 5.91 Å². The zero-order chi connectivity index (χ0) is 15.1. The Morgan fingerprint density at radius 2 is 2.27 bits per heavy atom. The number of aryl methyl sites for hydroxylation is 3. The lowest BCUT2D eigenvalue weighted by Crippen LogP contribution is -2.40. The van der Waals surface area contributed by atoms with E-state index < -0.39 is 0 Å². The molecule has 0 bridgehead atoms. The molecule has 0 aromatic carbocycles. The number of hydrogen-bond donors (Lipinski definition) is 0. The normalized spacial score (nSPS) is 21.1. The van der Waals surface area contributed by atoms with E-state index in [0.717, 1.165) is 43.6 Å². The quantitative estimate of drug-likeness (QED) is 0.853. The van der Waals surface area contributed by atoms with E-state index >= 15 is 0 Å². The van der Waals surface area contributed by atoms with E-state index in [1.54, 1.807) is 11.3 Å². The fourth-order valence-corrected chi connectivity index (χ4v) is 4.80. The maximum Gasteiger partial charge on any atom is 0.264 e. The first-order valence-electron chi connectivity index (χ1n) is 8.12. The van der Waals surface area contributed by atoms with Crippen LogP contribution in [0.1, 0.15) is 51.0 Å². The van der Waals surface area contributed by atoms with Gasteiger partial charge in [-0.3, -0.25) is 9.48 Å². The van der Waals surface area contributed by atoms with E-state index in [1.165, 1.54) is 22.4 Å². The minimum Gasteiger partial charge on any atom is -0.336 e. The molecule has 22 heavy (non-hydrogen) atoms. The highest BCUT2D eigenvalue weighted by Gasteiger charge is 2.28. The van der Waals surface area contributed by atoms with Gasteiger partial charge in [0.2, 0.25) is 0 Å². The number of nitrogens with zero attached hydrogens (tertiary/aromatic N) is 3. The molecule has 2 aliphatic rings. The SMILES string of the molecule is Cc1cnn(C2CCCN(C(=O)c3cc4c(s3)CCC4)C2)c1. The monoisotopic (exact) mass is 315 g/mol. The van der Waals surface area contributed by atoms with Crippen LogP contribution in [0.4, 0.5) is 0 Å². The molecule has 2 aromatic heterocycles. The number of hydrogen-bond acceptors (Lipinski definition) is 3. The molecule has 0 radical (unpaired) electrons. The van der Waals surface area contributed by atoms with Crippen molar-refractivity contribution in [1.82, 2.24) is 14.7 Å². The summed E-state index contributed by atoms with van der Waals surface area (Å²) >= 11 is 1.71. The summed E-state index contributed by atoms with van der Waals surface area (Å²) in [4.78, 5) is 17.2. The van der Waals surface area contributed by atoms with Crippen LogP contribution in [0.5, 0.6) is 0 Å². The van der Waals surface area contributed by atoms with Crippen LogP contribution in [0.25, 0.3) is 0 Å². The molecule has 1 amide bonds. The van der Waals surface area contributed by atoms with Crippen molar-refractivity contribution in [3.05, 3.63) is 39.3 Å². The van der Waals surface area contributed by atoms with Crippen molar-refractivity contribution in [1.29, 1.82) is 0 Å². The molecule has 1 aliphatic carbocycles. The van der Waals surface area contributed by atoms with Crippen molar-refractivity contribution < 1.29 is 4.79 Å². The minimum atomic E-state index is 0.216.